The lowest BCUT2D eigenvalue weighted by molar-refractivity contribution is -0.156. The number of esters is 1. The average Bonchev–Trinajstić information content (AvgIpc) is 3.76. The third-order valence-corrected chi connectivity index (χ3v) is 9.62. The highest BCUT2D eigenvalue weighted by molar-refractivity contribution is 7.47. The maximum absolute atomic E-state index is 13.3. The molecule has 0 amide bonds. The topological polar surface area (TPSA) is 344 Å². The van der Waals surface area contributed by atoms with Gasteiger partial charge in [0.05, 0.1) is 19.5 Å². The molecule has 0 bridgehead atoms. The molecule has 0 saturated carbocycles. The van der Waals surface area contributed by atoms with E-state index in [0.717, 1.165) is 4.57 Å². The Balaban J connectivity index is 1.31. The number of nitrogen functional groups attached to an aromatic ring is 2. The van der Waals surface area contributed by atoms with Gasteiger partial charge in [0.2, 0.25) is 0 Å². The van der Waals surface area contributed by atoms with Gasteiger partial charge < -0.3 is 51.2 Å². The number of aromatic nitrogens is 6. The van der Waals surface area contributed by atoms with Crippen LogP contribution in [0.25, 0.3) is 11.2 Å². The molecule has 2 saturated heterocycles. The number of allylic oxidation sites excluding steroid dienone is 1. The van der Waals surface area contributed by atoms with E-state index in [-0.39, 0.29) is 48.1 Å². The highest BCUT2D eigenvalue weighted by Crippen LogP contribution is 2.50. The maximum Gasteiger partial charge on any atom is 0.472 e. The number of phosphoric acid groups is 2. The highest BCUT2D eigenvalue weighted by atomic mass is 31.2. The van der Waals surface area contributed by atoms with Crippen LogP contribution < -0.4 is 22.9 Å². The first-order chi connectivity index (χ1) is 24.5. The third-order valence-electron chi connectivity index (χ3n) is 8.12. The molecule has 0 aliphatic carbocycles. The van der Waals surface area contributed by atoms with Crippen molar-refractivity contribution in [1.29, 1.82) is 0 Å². The number of carbonyl (C=O) groups is 1. The Kier molecular flexibility index (Phi) is 12.6. The summed E-state index contributed by atoms with van der Waals surface area (Å²) in [6.07, 6.45) is -3.26. The van der Waals surface area contributed by atoms with E-state index in [2.05, 4.69) is 31.0 Å². The smallest absolute Gasteiger partial charge is 0.457 e. The van der Waals surface area contributed by atoms with Crippen LogP contribution in [0.4, 0.5) is 11.6 Å². The Bertz CT molecular complexity index is 1890. The number of imidazole rings is 1. The number of nitrogens with two attached hydrogens (primary N) is 3. The molecule has 0 aromatic carbocycles. The summed E-state index contributed by atoms with van der Waals surface area (Å²) in [6, 6.07) is 0.963. The molecule has 0 spiro atoms. The van der Waals surface area contributed by atoms with E-state index in [4.69, 9.17) is 40.5 Å². The number of aliphatic hydroxyl groups excluding tert-OH is 1. The lowest BCUT2D eigenvalue weighted by atomic mass is 10.1. The molecule has 10 N–H and O–H groups in total. The second-order valence-electron chi connectivity index (χ2n) is 11.9. The zero-order chi connectivity index (χ0) is 37.8. The fourth-order valence-electron chi connectivity index (χ4n) is 5.59. The van der Waals surface area contributed by atoms with Crippen LogP contribution in [0.5, 0.6) is 0 Å². The van der Waals surface area contributed by atoms with Crippen molar-refractivity contribution in [2.45, 2.75) is 81.1 Å². The SMILES string of the molecule is C=CCCC(N)CCC(=O)O[C@H]1[C@@H](O)[C@H](n2cnc3c(N)ncnc32)O[C@@H]1COP(=O)(O)O[C@H]1C[C@H](n2ccc(N)nc2=O)O[C@@H]1COP(=O)(O)O. The van der Waals surface area contributed by atoms with Crippen LogP contribution in [0.3, 0.4) is 0 Å². The first-order valence-corrected chi connectivity index (χ1v) is 18.8. The van der Waals surface area contributed by atoms with Gasteiger partial charge in [-0.05, 0) is 25.3 Å². The summed E-state index contributed by atoms with van der Waals surface area (Å²) in [5.41, 5.74) is 17.0. The first-order valence-electron chi connectivity index (χ1n) is 15.7. The van der Waals surface area contributed by atoms with Crippen LogP contribution >= 0.6 is 15.6 Å². The van der Waals surface area contributed by atoms with E-state index in [1.165, 1.54) is 29.5 Å². The van der Waals surface area contributed by atoms with E-state index in [1.54, 1.807) is 6.08 Å². The fourth-order valence-corrected chi connectivity index (χ4v) is 6.89. The Morgan fingerprint density at radius 3 is 2.56 bits per heavy atom. The van der Waals surface area contributed by atoms with E-state index in [0.29, 0.717) is 12.8 Å². The Morgan fingerprint density at radius 2 is 1.85 bits per heavy atom. The minimum absolute atomic E-state index is 0.0467. The molecule has 9 atom stereocenters. The number of ether oxygens (including phenoxy) is 3. The van der Waals surface area contributed by atoms with Crippen molar-refractivity contribution in [2.75, 3.05) is 24.7 Å². The monoisotopic (exact) mass is 775 g/mol. The molecule has 2 aliphatic heterocycles. The Morgan fingerprint density at radius 1 is 1.10 bits per heavy atom. The number of phosphoric ester groups is 2. The van der Waals surface area contributed by atoms with Crippen LogP contribution in [-0.4, -0.2) is 105 Å². The minimum Gasteiger partial charge on any atom is -0.457 e. The van der Waals surface area contributed by atoms with Crippen LogP contribution in [0.2, 0.25) is 0 Å². The fraction of sp³-hybridized carbons (Fsp3) is 0.556. The zero-order valence-corrected chi connectivity index (χ0v) is 29.1. The summed E-state index contributed by atoms with van der Waals surface area (Å²) >= 11 is 0. The zero-order valence-electron chi connectivity index (χ0n) is 27.3. The van der Waals surface area contributed by atoms with Crippen molar-refractivity contribution in [2.24, 2.45) is 5.73 Å². The van der Waals surface area contributed by atoms with Gasteiger partial charge in [-0.2, -0.15) is 4.98 Å². The number of carbonyl (C=O) groups excluding carboxylic acids is 1. The normalized spacial score (nSPS) is 26.7. The predicted octanol–water partition coefficient (Wildman–Crippen LogP) is -0.610. The molecule has 52 heavy (non-hydrogen) atoms. The highest BCUT2D eigenvalue weighted by Gasteiger charge is 2.49. The molecule has 2 aliphatic rings. The van der Waals surface area contributed by atoms with E-state index in [1.807, 2.05) is 0 Å². The molecule has 23 nitrogen and oxygen atoms in total. The number of aliphatic hydroxyl groups is 1. The molecular weight excluding hydrogens is 736 g/mol. The minimum atomic E-state index is -5.11. The number of hydrogen-bond acceptors (Lipinski definition) is 18. The van der Waals surface area contributed by atoms with Crippen LogP contribution in [0.1, 0.15) is 44.6 Å². The summed E-state index contributed by atoms with van der Waals surface area (Å²) in [7, 11) is -10.1. The van der Waals surface area contributed by atoms with Gasteiger partial charge in [-0.25, -0.2) is 28.9 Å². The van der Waals surface area contributed by atoms with E-state index < -0.39 is 83.5 Å². The molecule has 3 aromatic heterocycles. The number of fused-ring (bicyclic) bond motifs is 1. The van der Waals surface area contributed by atoms with Crippen molar-refractivity contribution in [1.82, 2.24) is 29.1 Å². The van der Waals surface area contributed by atoms with Gasteiger partial charge >= 0.3 is 27.3 Å². The van der Waals surface area contributed by atoms with Gasteiger partial charge in [0, 0.05) is 25.1 Å². The molecule has 25 heteroatoms. The van der Waals surface area contributed by atoms with Gasteiger partial charge in [0.15, 0.2) is 23.8 Å². The van der Waals surface area contributed by atoms with Gasteiger partial charge in [0.1, 0.15) is 48.3 Å². The van der Waals surface area contributed by atoms with Crippen LogP contribution in [0.15, 0.2) is 42.4 Å². The van der Waals surface area contributed by atoms with Gasteiger partial charge in [-0.3, -0.25) is 27.5 Å². The lowest BCUT2D eigenvalue weighted by Gasteiger charge is -2.24. The summed E-state index contributed by atoms with van der Waals surface area (Å²) in [5, 5.41) is 11.3. The Hall–Kier alpha value is -3.70. The van der Waals surface area contributed by atoms with Crippen molar-refractivity contribution in [3.8, 4) is 0 Å². The largest absolute Gasteiger partial charge is 0.472 e. The van der Waals surface area contributed by atoms with Crippen LogP contribution in [0, 0.1) is 0 Å². The predicted molar refractivity (Wildman–Crippen MR) is 176 cm³/mol. The summed E-state index contributed by atoms with van der Waals surface area (Å²) < 4.78 is 59.3. The average molecular weight is 776 g/mol. The number of nitrogens with zero attached hydrogens (tertiary/aromatic N) is 6. The molecule has 3 aromatic rings. The molecule has 2 unspecified atom stereocenters. The van der Waals surface area contributed by atoms with Gasteiger partial charge in [-0.1, -0.05) is 6.08 Å². The van der Waals surface area contributed by atoms with Crippen molar-refractivity contribution in [3.05, 3.63) is 48.1 Å². The maximum atomic E-state index is 13.3. The second kappa shape index (κ2) is 16.5. The lowest BCUT2D eigenvalue weighted by Crippen LogP contribution is -2.38. The quantitative estimate of drug-likeness (QED) is 0.0511. The van der Waals surface area contributed by atoms with Crippen molar-refractivity contribution >= 4 is 44.4 Å². The molecule has 5 rings (SSSR count). The molecule has 2 fully saturated rings. The first kappa shape index (κ1) is 39.5. The second-order valence-corrected chi connectivity index (χ2v) is 14.5. The van der Waals surface area contributed by atoms with Gasteiger partial charge in [0.25, 0.3) is 0 Å². The van der Waals surface area contributed by atoms with Crippen LogP contribution in [-0.2, 0) is 41.7 Å². The number of rotatable bonds is 17. The molecule has 5 heterocycles. The molecule has 0 radical (unpaired) electrons. The van der Waals surface area contributed by atoms with Crippen molar-refractivity contribution < 1.29 is 61.5 Å². The standard InChI is InChI=1S/C27H39N9O14P2/c1-2-3-4-14(28)5-6-20(37)49-23-17(48-26(22(23)38)36-13-33-21-24(30)31-12-32-25(21)36)11-46-52(43,44)50-15-9-19(35-8-7-18(29)34-27(35)39)47-16(15)10-45-51(40,41)42/h2,7-8,12-17,19,22-23,26,38H,1,3-6,9-11,28H2,(H,43,44)(H2,29,34,39)(H2,30,31,32)(H2,40,41,42)/t14?,15-,16+,17+,19+,22+,23+,26+/m0/s1. The number of anilines is 2. The third kappa shape index (κ3) is 9.83. The Labute approximate surface area is 294 Å². The molecule has 286 valence electrons. The number of hydrogen-bond donors (Lipinski definition) is 7. The summed E-state index contributed by atoms with van der Waals surface area (Å²) in [5.74, 6) is -0.782. The van der Waals surface area contributed by atoms with E-state index >= 15 is 0 Å². The van der Waals surface area contributed by atoms with Crippen molar-refractivity contribution in [3.63, 3.8) is 0 Å². The van der Waals surface area contributed by atoms with Gasteiger partial charge in [-0.15, -0.1) is 6.58 Å². The molecular formula is C27H39N9O14P2. The van der Waals surface area contributed by atoms with E-state index in [9.17, 15) is 38.5 Å². The summed E-state index contributed by atoms with van der Waals surface area (Å²) in [6.45, 7) is 2.04. The summed E-state index contributed by atoms with van der Waals surface area (Å²) in [4.78, 5) is 70.3.